The highest BCUT2D eigenvalue weighted by atomic mass is 19.2. The maximum atomic E-state index is 13.2. The van der Waals surface area contributed by atoms with E-state index in [0.717, 1.165) is 18.0 Å². The number of rotatable bonds is 4. The van der Waals surface area contributed by atoms with Crippen molar-refractivity contribution in [3.05, 3.63) is 35.4 Å². The van der Waals surface area contributed by atoms with Gasteiger partial charge in [0.1, 0.15) is 0 Å². The molecule has 0 aromatic heterocycles. The van der Waals surface area contributed by atoms with Crippen molar-refractivity contribution in [1.29, 1.82) is 0 Å². The van der Waals surface area contributed by atoms with Gasteiger partial charge in [0.05, 0.1) is 0 Å². The van der Waals surface area contributed by atoms with Gasteiger partial charge in [-0.1, -0.05) is 31.7 Å². The Morgan fingerprint density at radius 3 is 2.42 bits per heavy atom. The average Bonchev–Trinajstić information content (AvgIpc) is 2.67. The third-order valence-electron chi connectivity index (χ3n) is 4.13. The Labute approximate surface area is 114 Å². The van der Waals surface area contributed by atoms with Crippen molar-refractivity contribution in [3.8, 4) is 0 Å². The molecule has 2 rings (SSSR count). The van der Waals surface area contributed by atoms with Crippen LogP contribution in [0.15, 0.2) is 18.2 Å². The molecule has 0 amide bonds. The summed E-state index contributed by atoms with van der Waals surface area (Å²) in [5.41, 5.74) is 0.813. The Morgan fingerprint density at radius 2 is 1.79 bits per heavy atom. The summed E-state index contributed by atoms with van der Waals surface area (Å²) in [5.74, 6) is -0.810. The van der Waals surface area contributed by atoms with E-state index in [1.165, 1.54) is 50.7 Å². The van der Waals surface area contributed by atoms with E-state index in [4.69, 9.17) is 0 Å². The van der Waals surface area contributed by atoms with E-state index in [0.29, 0.717) is 0 Å². The van der Waals surface area contributed by atoms with Crippen molar-refractivity contribution in [3.63, 3.8) is 0 Å². The van der Waals surface area contributed by atoms with Gasteiger partial charge in [0.25, 0.3) is 0 Å². The molecule has 1 nitrogen and oxygen atoms in total. The fourth-order valence-corrected chi connectivity index (χ4v) is 2.81. The Kier molecular flexibility index (Phi) is 5.32. The zero-order chi connectivity index (χ0) is 13.7. The minimum absolute atomic E-state index is 0.0679. The first kappa shape index (κ1) is 14.4. The van der Waals surface area contributed by atoms with Gasteiger partial charge in [-0.25, -0.2) is 8.78 Å². The topological polar surface area (TPSA) is 12.0 Å². The smallest absolute Gasteiger partial charge is 0.159 e. The maximum absolute atomic E-state index is 13.2. The lowest BCUT2D eigenvalue weighted by atomic mass is 9.99. The lowest BCUT2D eigenvalue weighted by Crippen LogP contribution is -2.25. The lowest BCUT2D eigenvalue weighted by molar-refractivity contribution is 0.402. The molecule has 1 atom stereocenters. The molecule has 1 unspecified atom stereocenters. The van der Waals surface area contributed by atoms with Gasteiger partial charge < -0.3 is 5.32 Å². The molecule has 3 heteroatoms. The van der Waals surface area contributed by atoms with Gasteiger partial charge in [-0.15, -0.1) is 0 Å². The largest absolute Gasteiger partial charge is 0.310 e. The van der Waals surface area contributed by atoms with Crippen LogP contribution in [0.1, 0.15) is 57.1 Å². The second kappa shape index (κ2) is 6.99. The van der Waals surface area contributed by atoms with Crippen molar-refractivity contribution >= 4 is 0 Å². The molecule has 0 spiro atoms. The molecule has 1 aliphatic rings. The van der Waals surface area contributed by atoms with Gasteiger partial charge in [0.2, 0.25) is 0 Å². The SMILES string of the molecule is CC(NCC1CCCCCC1)c1ccc(F)c(F)c1. The fraction of sp³-hybridized carbons (Fsp3) is 0.625. The van der Waals surface area contributed by atoms with Crippen LogP contribution in [-0.4, -0.2) is 6.54 Å². The molecular weight excluding hydrogens is 244 g/mol. The highest BCUT2D eigenvalue weighted by Gasteiger charge is 2.14. The van der Waals surface area contributed by atoms with E-state index in [2.05, 4.69) is 5.32 Å². The standard InChI is InChI=1S/C16H23F2N/c1-12(14-8-9-15(17)16(18)10-14)19-11-13-6-4-2-3-5-7-13/h8-10,12-13,19H,2-7,11H2,1H3. The minimum Gasteiger partial charge on any atom is -0.310 e. The van der Waals surface area contributed by atoms with Gasteiger partial charge in [0.15, 0.2) is 11.6 Å². The third-order valence-corrected chi connectivity index (χ3v) is 4.13. The minimum atomic E-state index is -0.778. The van der Waals surface area contributed by atoms with E-state index in [1.54, 1.807) is 6.07 Å². The number of hydrogen-bond donors (Lipinski definition) is 1. The molecule has 106 valence electrons. The van der Waals surface area contributed by atoms with E-state index >= 15 is 0 Å². The molecule has 1 saturated carbocycles. The van der Waals surface area contributed by atoms with Crippen LogP contribution >= 0.6 is 0 Å². The summed E-state index contributed by atoms with van der Waals surface area (Å²) >= 11 is 0. The first-order valence-corrected chi connectivity index (χ1v) is 7.35. The van der Waals surface area contributed by atoms with Gasteiger partial charge >= 0.3 is 0 Å². The molecule has 0 saturated heterocycles. The van der Waals surface area contributed by atoms with Crippen LogP contribution in [0.5, 0.6) is 0 Å². The van der Waals surface area contributed by atoms with Crippen LogP contribution in [0.4, 0.5) is 8.78 Å². The molecule has 1 aliphatic carbocycles. The molecule has 1 aromatic carbocycles. The van der Waals surface area contributed by atoms with Gasteiger partial charge in [0, 0.05) is 6.04 Å². The molecule has 1 N–H and O–H groups in total. The van der Waals surface area contributed by atoms with Crippen LogP contribution < -0.4 is 5.32 Å². The zero-order valence-corrected chi connectivity index (χ0v) is 11.6. The van der Waals surface area contributed by atoms with Crippen molar-refractivity contribution in [1.82, 2.24) is 5.32 Å². The summed E-state index contributed by atoms with van der Waals surface area (Å²) in [4.78, 5) is 0. The van der Waals surface area contributed by atoms with Gasteiger partial charge in [-0.3, -0.25) is 0 Å². The Hall–Kier alpha value is -0.960. The van der Waals surface area contributed by atoms with Crippen LogP contribution in [0.3, 0.4) is 0 Å². The summed E-state index contributed by atoms with van der Waals surface area (Å²) in [6.07, 6.45) is 7.94. The monoisotopic (exact) mass is 267 g/mol. The Morgan fingerprint density at radius 1 is 1.11 bits per heavy atom. The van der Waals surface area contributed by atoms with Crippen molar-refractivity contribution < 1.29 is 8.78 Å². The van der Waals surface area contributed by atoms with E-state index in [-0.39, 0.29) is 6.04 Å². The third kappa shape index (κ3) is 4.27. The number of benzene rings is 1. The molecule has 0 radical (unpaired) electrons. The number of nitrogens with one attached hydrogen (secondary N) is 1. The summed E-state index contributed by atoms with van der Waals surface area (Å²) in [5, 5.41) is 3.45. The van der Waals surface area contributed by atoms with Crippen molar-refractivity contribution in [2.75, 3.05) is 6.54 Å². The van der Waals surface area contributed by atoms with Crippen LogP contribution in [0.2, 0.25) is 0 Å². The average molecular weight is 267 g/mol. The number of halogens is 2. The quantitative estimate of drug-likeness (QED) is 0.787. The summed E-state index contributed by atoms with van der Waals surface area (Å²) < 4.78 is 26.1. The second-order valence-corrected chi connectivity index (χ2v) is 5.66. The summed E-state index contributed by atoms with van der Waals surface area (Å²) in [7, 11) is 0. The van der Waals surface area contributed by atoms with Crippen LogP contribution in [-0.2, 0) is 0 Å². The summed E-state index contributed by atoms with van der Waals surface area (Å²) in [6, 6.07) is 4.22. The summed E-state index contributed by atoms with van der Waals surface area (Å²) in [6.45, 7) is 2.98. The van der Waals surface area contributed by atoms with Gasteiger partial charge in [-0.05, 0) is 49.9 Å². The molecular formula is C16H23F2N. The first-order chi connectivity index (χ1) is 9.16. The highest BCUT2D eigenvalue weighted by molar-refractivity contribution is 5.20. The Balaban J connectivity index is 1.85. The molecule has 1 fully saturated rings. The van der Waals surface area contributed by atoms with Crippen LogP contribution in [0.25, 0.3) is 0 Å². The van der Waals surface area contributed by atoms with Gasteiger partial charge in [-0.2, -0.15) is 0 Å². The highest BCUT2D eigenvalue weighted by Crippen LogP contribution is 2.23. The van der Waals surface area contributed by atoms with E-state index in [1.807, 2.05) is 6.92 Å². The molecule has 0 heterocycles. The molecule has 19 heavy (non-hydrogen) atoms. The second-order valence-electron chi connectivity index (χ2n) is 5.66. The lowest BCUT2D eigenvalue weighted by Gasteiger charge is -2.19. The number of hydrogen-bond acceptors (Lipinski definition) is 1. The Bertz CT molecular complexity index is 398. The molecule has 1 aromatic rings. The fourth-order valence-electron chi connectivity index (χ4n) is 2.81. The predicted octanol–water partition coefficient (Wildman–Crippen LogP) is 4.59. The normalized spacial score (nSPS) is 19.1. The predicted molar refractivity (Wildman–Crippen MR) is 74.0 cm³/mol. The van der Waals surface area contributed by atoms with Crippen molar-refractivity contribution in [2.45, 2.75) is 51.5 Å². The van der Waals surface area contributed by atoms with Crippen molar-refractivity contribution in [2.24, 2.45) is 5.92 Å². The first-order valence-electron chi connectivity index (χ1n) is 7.35. The molecule has 0 aliphatic heterocycles. The maximum Gasteiger partial charge on any atom is 0.159 e. The van der Waals surface area contributed by atoms with Crippen LogP contribution in [0, 0.1) is 17.6 Å². The zero-order valence-electron chi connectivity index (χ0n) is 11.6. The molecule has 0 bridgehead atoms. The van der Waals surface area contributed by atoms with E-state index < -0.39 is 11.6 Å². The van der Waals surface area contributed by atoms with E-state index in [9.17, 15) is 8.78 Å².